The predicted octanol–water partition coefficient (Wildman–Crippen LogP) is 6.91. The first-order valence-electron chi connectivity index (χ1n) is 15.9. The van der Waals surface area contributed by atoms with Gasteiger partial charge in [0, 0.05) is 32.7 Å². The van der Waals surface area contributed by atoms with Crippen molar-refractivity contribution in [2.24, 2.45) is 13.0 Å². The maximum absolute atomic E-state index is 14.5. The van der Waals surface area contributed by atoms with Crippen molar-refractivity contribution in [3.8, 4) is 16.8 Å². The van der Waals surface area contributed by atoms with E-state index in [1.165, 1.54) is 6.07 Å². The van der Waals surface area contributed by atoms with E-state index in [0.29, 0.717) is 66.5 Å². The Morgan fingerprint density at radius 2 is 1.96 bits per heavy atom. The number of allylic oxidation sites excluding steroid dienone is 2. The summed E-state index contributed by atoms with van der Waals surface area (Å²) < 4.78 is 70.3. The van der Waals surface area contributed by atoms with E-state index in [0.717, 1.165) is 15.9 Å². The standard InChI is InChI=1S/C32H42F2N6O5S2Si/c1-31(2,3)45-30(41)21-10-8-20(9-11-21)23-16-22(17-24-25(38-39(4)26(23)24)28-36-37-29(46-28)27(33)34)47(42,43)40(32(18-35)12-13-32)19-44-14-15-48(5,6)7/h8,16-17,21,27H,9-15,19H2,1-7H3. The van der Waals surface area contributed by atoms with Crippen LogP contribution >= 0.6 is 11.3 Å². The van der Waals surface area contributed by atoms with Gasteiger partial charge in [0.15, 0.2) is 10.0 Å². The molecule has 0 spiro atoms. The molecule has 0 aliphatic heterocycles. The van der Waals surface area contributed by atoms with Gasteiger partial charge in [0.2, 0.25) is 10.0 Å². The highest BCUT2D eigenvalue weighted by molar-refractivity contribution is 7.89. The van der Waals surface area contributed by atoms with E-state index in [1.807, 2.05) is 26.8 Å². The first-order valence-corrected chi connectivity index (χ1v) is 21.9. The van der Waals surface area contributed by atoms with Gasteiger partial charge in [0.1, 0.15) is 23.6 Å². The van der Waals surface area contributed by atoms with Gasteiger partial charge in [-0.15, -0.1) is 10.2 Å². The third kappa shape index (κ3) is 7.70. The zero-order valence-corrected chi connectivity index (χ0v) is 31.0. The normalized spacial score (nSPS) is 18.3. The Labute approximate surface area is 285 Å². The Hall–Kier alpha value is -3.10. The molecule has 0 saturated heterocycles. The van der Waals surface area contributed by atoms with E-state index in [2.05, 4.69) is 41.0 Å². The summed E-state index contributed by atoms with van der Waals surface area (Å²) >= 11 is 0.691. The molecule has 5 rings (SSSR count). The zero-order chi connectivity index (χ0) is 35.2. The maximum Gasteiger partial charge on any atom is 0.309 e. The number of hydrogen-bond donors (Lipinski definition) is 0. The summed E-state index contributed by atoms with van der Waals surface area (Å²) in [4.78, 5) is 12.8. The molecule has 3 aromatic rings. The quantitative estimate of drug-likeness (QED) is 0.0845. The molecule has 1 unspecified atom stereocenters. The minimum absolute atomic E-state index is 0.0802. The third-order valence-electron chi connectivity index (χ3n) is 8.44. The highest BCUT2D eigenvalue weighted by Gasteiger charge is 2.54. The third-order valence-corrected chi connectivity index (χ3v) is 12.9. The van der Waals surface area contributed by atoms with Crippen molar-refractivity contribution >= 4 is 51.9 Å². The van der Waals surface area contributed by atoms with Crippen molar-refractivity contribution in [1.29, 1.82) is 5.26 Å². The number of esters is 1. The molecule has 1 saturated carbocycles. The molecule has 2 heterocycles. The van der Waals surface area contributed by atoms with Gasteiger partial charge in [0.25, 0.3) is 6.43 Å². The lowest BCUT2D eigenvalue weighted by Gasteiger charge is -2.28. The molecule has 2 aliphatic rings. The van der Waals surface area contributed by atoms with Crippen LogP contribution in [0, 0.1) is 17.2 Å². The monoisotopic (exact) mass is 720 g/mol. The predicted molar refractivity (Wildman–Crippen MR) is 181 cm³/mol. The number of nitrogens with zero attached hydrogens (tertiary/aromatic N) is 6. The number of alkyl halides is 2. The van der Waals surface area contributed by atoms with E-state index in [9.17, 15) is 27.3 Å². The lowest BCUT2D eigenvalue weighted by Crippen LogP contribution is -2.43. The second kappa shape index (κ2) is 13.3. The summed E-state index contributed by atoms with van der Waals surface area (Å²) in [5.74, 6) is -0.634. The van der Waals surface area contributed by atoms with E-state index in [1.54, 1.807) is 17.8 Å². The summed E-state index contributed by atoms with van der Waals surface area (Å²) in [6, 6.07) is 6.08. The fourth-order valence-electron chi connectivity index (χ4n) is 5.65. The fraction of sp³-hybridized carbons (Fsp3) is 0.594. The van der Waals surface area contributed by atoms with Crippen LogP contribution in [0.15, 0.2) is 23.1 Å². The van der Waals surface area contributed by atoms with Gasteiger partial charge in [-0.1, -0.05) is 37.1 Å². The van der Waals surface area contributed by atoms with Crippen LogP contribution in [0.1, 0.15) is 69.9 Å². The van der Waals surface area contributed by atoms with Crippen LogP contribution in [0.5, 0.6) is 0 Å². The first kappa shape index (κ1) is 36.2. The molecule has 1 atom stereocenters. The molecule has 48 heavy (non-hydrogen) atoms. The van der Waals surface area contributed by atoms with Crippen molar-refractivity contribution in [2.45, 2.75) is 101 Å². The average Bonchev–Trinajstić information content (AvgIpc) is 3.48. The van der Waals surface area contributed by atoms with Crippen LogP contribution < -0.4 is 0 Å². The molecule has 0 N–H and O–H groups in total. The van der Waals surface area contributed by atoms with Crippen molar-refractivity contribution < 1.29 is 31.5 Å². The van der Waals surface area contributed by atoms with Crippen molar-refractivity contribution in [3.05, 3.63) is 28.8 Å². The summed E-state index contributed by atoms with van der Waals surface area (Å²) in [5, 5.41) is 22.3. The minimum atomic E-state index is -4.31. The Kier molecular flexibility index (Phi) is 10.0. The molecule has 260 valence electrons. The van der Waals surface area contributed by atoms with Crippen LogP contribution in [0.3, 0.4) is 0 Å². The van der Waals surface area contributed by atoms with Crippen LogP contribution in [0.2, 0.25) is 25.7 Å². The maximum atomic E-state index is 14.5. The number of hydrogen-bond acceptors (Lipinski definition) is 10. The average molecular weight is 721 g/mol. The second-order valence-electron chi connectivity index (χ2n) is 14.7. The fourth-order valence-corrected chi connectivity index (χ4v) is 8.79. The molecule has 11 nitrogen and oxygen atoms in total. The molecule has 1 fully saturated rings. The Morgan fingerprint density at radius 1 is 1.25 bits per heavy atom. The molecule has 0 radical (unpaired) electrons. The lowest BCUT2D eigenvalue weighted by molar-refractivity contribution is -0.160. The number of nitriles is 1. The van der Waals surface area contributed by atoms with Gasteiger partial charge in [-0.2, -0.15) is 14.7 Å². The van der Waals surface area contributed by atoms with E-state index in [4.69, 9.17) is 9.47 Å². The summed E-state index contributed by atoms with van der Waals surface area (Å²) in [6.07, 6.45) is 1.21. The number of aryl methyl sites for hydroxylation is 1. The molecule has 1 aromatic carbocycles. The summed E-state index contributed by atoms with van der Waals surface area (Å²) in [5.41, 5.74) is 0.353. The smallest absolute Gasteiger partial charge is 0.309 e. The van der Waals surface area contributed by atoms with Crippen LogP contribution in [0.25, 0.3) is 27.2 Å². The number of halogens is 2. The first-order chi connectivity index (χ1) is 22.3. The van der Waals surface area contributed by atoms with Crippen LogP contribution in [-0.4, -0.2) is 71.2 Å². The number of ether oxygens (including phenoxy) is 2. The molecule has 0 bridgehead atoms. The molecule has 2 aliphatic carbocycles. The highest BCUT2D eigenvalue weighted by atomic mass is 32.2. The Balaban J connectivity index is 1.62. The van der Waals surface area contributed by atoms with Crippen LogP contribution in [0.4, 0.5) is 8.78 Å². The summed E-state index contributed by atoms with van der Waals surface area (Å²) in [6.45, 7) is 12.1. The van der Waals surface area contributed by atoms with Gasteiger partial charge in [-0.05, 0) is 76.6 Å². The van der Waals surface area contributed by atoms with Crippen molar-refractivity contribution in [3.63, 3.8) is 0 Å². The number of fused-ring (bicyclic) bond motifs is 1. The molecule has 2 aromatic heterocycles. The molecule has 0 amide bonds. The number of carbonyl (C=O) groups excluding carboxylic acids is 1. The Morgan fingerprint density at radius 3 is 2.50 bits per heavy atom. The van der Waals surface area contributed by atoms with Crippen molar-refractivity contribution in [2.75, 3.05) is 13.3 Å². The highest BCUT2D eigenvalue weighted by Crippen LogP contribution is 2.46. The van der Waals surface area contributed by atoms with E-state index >= 15 is 0 Å². The molecular formula is C32H42F2N6O5S2Si. The summed E-state index contributed by atoms with van der Waals surface area (Å²) in [7, 11) is -4.08. The SMILES string of the molecule is Cn1nc(-c2nnc(C(F)F)s2)c2cc(S(=O)(=O)N(COCC[Si](C)(C)C)C3(C#N)CC3)cc(C3=CCC(C(=O)OC(C)(C)C)CC3)c21. The van der Waals surface area contributed by atoms with E-state index < -0.39 is 40.7 Å². The number of rotatable bonds is 12. The number of sulfonamides is 1. The van der Waals surface area contributed by atoms with Gasteiger partial charge in [-0.25, -0.2) is 17.2 Å². The minimum Gasteiger partial charge on any atom is -0.460 e. The van der Waals surface area contributed by atoms with Gasteiger partial charge in [0.05, 0.1) is 22.4 Å². The molecular weight excluding hydrogens is 679 g/mol. The topological polar surface area (TPSA) is 140 Å². The molecule has 16 heteroatoms. The Bertz CT molecular complexity index is 1880. The van der Waals surface area contributed by atoms with Crippen molar-refractivity contribution in [1.82, 2.24) is 24.3 Å². The lowest BCUT2D eigenvalue weighted by atomic mass is 9.86. The number of aromatic nitrogens is 4. The number of benzene rings is 1. The zero-order valence-electron chi connectivity index (χ0n) is 28.3. The number of carbonyl (C=O) groups is 1. The van der Waals surface area contributed by atoms with Gasteiger partial charge >= 0.3 is 5.97 Å². The second-order valence-corrected chi connectivity index (χ2v) is 23.2. The van der Waals surface area contributed by atoms with Gasteiger partial charge in [-0.3, -0.25) is 9.48 Å². The largest absolute Gasteiger partial charge is 0.460 e. The van der Waals surface area contributed by atoms with E-state index in [-0.39, 0.29) is 34.2 Å². The van der Waals surface area contributed by atoms with Gasteiger partial charge < -0.3 is 9.47 Å². The van der Waals surface area contributed by atoms with Crippen LogP contribution in [-0.2, 0) is 31.3 Å².